The first kappa shape index (κ1) is 12.3. The molecule has 0 saturated heterocycles. The molecule has 1 heterocycles. The number of aryl methyl sites for hydroxylation is 1. The number of thiophene rings is 1. The lowest BCUT2D eigenvalue weighted by molar-refractivity contribution is 0.622. The van der Waals surface area contributed by atoms with Crippen LogP contribution in [0, 0.1) is 12.7 Å². The van der Waals surface area contributed by atoms with Crippen LogP contribution in [0.5, 0.6) is 0 Å². The molecule has 0 aliphatic heterocycles. The number of hydrogen-bond acceptors (Lipinski definition) is 2. The van der Waals surface area contributed by atoms with Gasteiger partial charge in [0, 0.05) is 16.5 Å². The van der Waals surface area contributed by atoms with E-state index < -0.39 is 0 Å². The summed E-state index contributed by atoms with van der Waals surface area (Å²) in [6.07, 6.45) is 0. The molecule has 0 spiro atoms. The Hall–Kier alpha value is -1.19. The molecule has 0 radical (unpaired) electrons. The summed E-state index contributed by atoms with van der Waals surface area (Å²) in [7, 11) is 1.91. The van der Waals surface area contributed by atoms with Gasteiger partial charge in [0.05, 0.1) is 0 Å². The van der Waals surface area contributed by atoms with Gasteiger partial charge in [0.15, 0.2) is 0 Å². The molecule has 90 valence electrons. The SMILES string of the molecule is CNC(C)c1ccc(F)c(-c2sccc2C)c1. The molecule has 2 aromatic rings. The van der Waals surface area contributed by atoms with Crippen LogP contribution < -0.4 is 5.32 Å². The highest BCUT2D eigenvalue weighted by Crippen LogP contribution is 2.32. The van der Waals surface area contributed by atoms with Gasteiger partial charge >= 0.3 is 0 Å². The first-order valence-electron chi connectivity index (χ1n) is 5.64. The minimum absolute atomic E-state index is 0.150. The highest BCUT2D eigenvalue weighted by atomic mass is 32.1. The molecule has 1 N–H and O–H groups in total. The first-order valence-corrected chi connectivity index (χ1v) is 6.52. The van der Waals surface area contributed by atoms with Crippen LogP contribution in [0.4, 0.5) is 4.39 Å². The van der Waals surface area contributed by atoms with E-state index in [0.717, 1.165) is 16.0 Å². The zero-order valence-corrected chi connectivity index (χ0v) is 11.1. The van der Waals surface area contributed by atoms with E-state index in [0.29, 0.717) is 5.56 Å². The quantitative estimate of drug-likeness (QED) is 0.862. The van der Waals surface area contributed by atoms with Gasteiger partial charge in [0.1, 0.15) is 5.82 Å². The Labute approximate surface area is 105 Å². The molecule has 1 unspecified atom stereocenters. The van der Waals surface area contributed by atoms with E-state index in [2.05, 4.69) is 12.2 Å². The van der Waals surface area contributed by atoms with Crippen LogP contribution in [0.2, 0.25) is 0 Å². The van der Waals surface area contributed by atoms with Crippen molar-refractivity contribution in [1.29, 1.82) is 0 Å². The van der Waals surface area contributed by atoms with Crippen molar-refractivity contribution >= 4 is 11.3 Å². The maximum absolute atomic E-state index is 13.9. The Bertz CT molecular complexity index is 519. The van der Waals surface area contributed by atoms with Crippen molar-refractivity contribution in [3.8, 4) is 10.4 Å². The molecule has 0 aliphatic rings. The maximum Gasteiger partial charge on any atom is 0.131 e. The summed E-state index contributed by atoms with van der Waals surface area (Å²) in [4.78, 5) is 1.02. The second-order valence-corrected chi connectivity index (χ2v) is 5.10. The van der Waals surface area contributed by atoms with E-state index in [1.807, 2.05) is 37.6 Å². The van der Waals surface area contributed by atoms with E-state index in [-0.39, 0.29) is 11.9 Å². The molecule has 0 bridgehead atoms. The van der Waals surface area contributed by atoms with E-state index in [9.17, 15) is 4.39 Å². The third-order valence-corrected chi connectivity index (χ3v) is 4.08. The number of rotatable bonds is 3. The van der Waals surface area contributed by atoms with Crippen LogP contribution in [0.15, 0.2) is 29.6 Å². The van der Waals surface area contributed by atoms with Crippen LogP contribution in [-0.4, -0.2) is 7.05 Å². The van der Waals surface area contributed by atoms with E-state index >= 15 is 0 Å². The summed E-state index contributed by atoms with van der Waals surface area (Å²) >= 11 is 1.58. The van der Waals surface area contributed by atoms with Crippen LogP contribution in [0.25, 0.3) is 10.4 Å². The van der Waals surface area contributed by atoms with Gasteiger partial charge in [-0.25, -0.2) is 4.39 Å². The predicted octanol–water partition coefficient (Wildman–Crippen LogP) is 4.14. The standard InChI is InChI=1S/C14H16FNS/c1-9-6-7-17-14(9)12-8-11(10(2)16-3)4-5-13(12)15/h4-8,10,16H,1-3H3. The van der Waals surface area contributed by atoms with Gasteiger partial charge in [-0.1, -0.05) is 6.07 Å². The molecule has 17 heavy (non-hydrogen) atoms. The van der Waals surface area contributed by atoms with Gasteiger partial charge in [-0.2, -0.15) is 0 Å². The Morgan fingerprint density at radius 1 is 1.29 bits per heavy atom. The molecule has 0 saturated carbocycles. The summed E-state index contributed by atoms with van der Waals surface area (Å²) in [5, 5.41) is 5.17. The van der Waals surface area contributed by atoms with Crippen molar-refractivity contribution < 1.29 is 4.39 Å². The molecule has 2 rings (SSSR count). The molecule has 3 heteroatoms. The highest BCUT2D eigenvalue weighted by Gasteiger charge is 2.12. The van der Waals surface area contributed by atoms with Crippen molar-refractivity contribution in [2.24, 2.45) is 0 Å². The summed E-state index contributed by atoms with van der Waals surface area (Å²) in [5.74, 6) is -0.150. The average Bonchev–Trinajstić information content (AvgIpc) is 2.75. The lowest BCUT2D eigenvalue weighted by atomic mass is 10.0. The van der Waals surface area contributed by atoms with Crippen molar-refractivity contribution in [3.63, 3.8) is 0 Å². The fourth-order valence-corrected chi connectivity index (χ4v) is 2.75. The second-order valence-electron chi connectivity index (χ2n) is 4.18. The Kier molecular flexibility index (Phi) is 3.60. The number of nitrogens with one attached hydrogen (secondary N) is 1. The molecular formula is C14H16FNS. The summed E-state index contributed by atoms with van der Waals surface area (Å²) < 4.78 is 13.9. The molecule has 0 amide bonds. The topological polar surface area (TPSA) is 12.0 Å². The van der Waals surface area contributed by atoms with Crippen LogP contribution in [0.1, 0.15) is 24.1 Å². The van der Waals surface area contributed by atoms with Crippen molar-refractivity contribution in [2.45, 2.75) is 19.9 Å². The van der Waals surface area contributed by atoms with E-state index in [1.165, 1.54) is 0 Å². The fourth-order valence-electron chi connectivity index (χ4n) is 1.80. The third-order valence-electron chi connectivity index (χ3n) is 3.03. The smallest absolute Gasteiger partial charge is 0.131 e. The molecule has 1 aromatic heterocycles. The zero-order chi connectivity index (χ0) is 12.4. The monoisotopic (exact) mass is 249 g/mol. The first-order chi connectivity index (χ1) is 8.13. The lowest BCUT2D eigenvalue weighted by Crippen LogP contribution is -2.12. The van der Waals surface area contributed by atoms with Crippen LogP contribution >= 0.6 is 11.3 Å². The maximum atomic E-state index is 13.9. The minimum Gasteiger partial charge on any atom is -0.313 e. The molecule has 0 fully saturated rings. The fraction of sp³-hybridized carbons (Fsp3) is 0.286. The van der Waals surface area contributed by atoms with Crippen LogP contribution in [0.3, 0.4) is 0 Å². The van der Waals surface area contributed by atoms with Crippen molar-refractivity contribution in [3.05, 3.63) is 46.6 Å². The molecule has 1 atom stereocenters. The van der Waals surface area contributed by atoms with Crippen LogP contribution in [-0.2, 0) is 0 Å². The zero-order valence-electron chi connectivity index (χ0n) is 10.3. The van der Waals surface area contributed by atoms with E-state index in [1.54, 1.807) is 17.4 Å². The highest BCUT2D eigenvalue weighted by molar-refractivity contribution is 7.13. The Morgan fingerprint density at radius 2 is 2.06 bits per heavy atom. The largest absolute Gasteiger partial charge is 0.313 e. The second kappa shape index (κ2) is 4.98. The average molecular weight is 249 g/mol. The predicted molar refractivity (Wildman–Crippen MR) is 71.9 cm³/mol. The van der Waals surface area contributed by atoms with Gasteiger partial charge in [-0.3, -0.25) is 0 Å². The van der Waals surface area contributed by atoms with Crippen molar-refractivity contribution in [2.75, 3.05) is 7.05 Å². The van der Waals surface area contributed by atoms with Crippen molar-refractivity contribution in [1.82, 2.24) is 5.32 Å². The number of halogens is 1. The normalized spacial score (nSPS) is 12.7. The molecule has 1 nitrogen and oxygen atoms in total. The summed E-state index contributed by atoms with van der Waals surface area (Å²) in [6.45, 7) is 4.08. The summed E-state index contributed by atoms with van der Waals surface area (Å²) in [5.41, 5.74) is 2.94. The molecule has 1 aromatic carbocycles. The minimum atomic E-state index is -0.150. The van der Waals surface area contributed by atoms with E-state index in [4.69, 9.17) is 0 Å². The van der Waals surface area contributed by atoms with Gasteiger partial charge < -0.3 is 5.32 Å². The lowest BCUT2D eigenvalue weighted by Gasteiger charge is -2.12. The Balaban J connectivity index is 2.50. The van der Waals surface area contributed by atoms with Gasteiger partial charge in [0.2, 0.25) is 0 Å². The number of hydrogen-bond donors (Lipinski definition) is 1. The van der Waals surface area contributed by atoms with Gasteiger partial charge in [-0.05, 0) is 55.6 Å². The molecular weight excluding hydrogens is 233 g/mol. The third kappa shape index (κ3) is 2.40. The van der Waals surface area contributed by atoms with Gasteiger partial charge in [-0.15, -0.1) is 11.3 Å². The Morgan fingerprint density at radius 3 is 2.65 bits per heavy atom. The molecule has 0 aliphatic carbocycles. The number of benzene rings is 1. The van der Waals surface area contributed by atoms with Gasteiger partial charge in [0.25, 0.3) is 0 Å². The summed E-state index contributed by atoms with van der Waals surface area (Å²) in [6, 6.07) is 7.58.